The molecule has 0 aromatic heterocycles. The van der Waals surface area contributed by atoms with Crippen LogP contribution >= 0.6 is 0 Å². The van der Waals surface area contributed by atoms with Crippen LogP contribution < -0.4 is 10.5 Å². The maximum absolute atomic E-state index is 12.5. The summed E-state index contributed by atoms with van der Waals surface area (Å²) in [5.41, 5.74) is 7.68. The Kier molecular flexibility index (Phi) is 4.98. The van der Waals surface area contributed by atoms with Crippen LogP contribution in [0.2, 0.25) is 0 Å². The van der Waals surface area contributed by atoms with Gasteiger partial charge in [-0.2, -0.15) is 0 Å². The normalized spacial score (nSPS) is 15.2. The predicted molar refractivity (Wildman–Crippen MR) is 79.6 cm³/mol. The van der Waals surface area contributed by atoms with Crippen LogP contribution in [0.15, 0.2) is 17.0 Å². The van der Waals surface area contributed by atoms with Gasteiger partial charge in [0.15, 0.2) is 0 Å². The molecule has 4 nitrogen and oxygen atoms in total. The number of benzene rings is 1. The van der Waals surface area contributed by atoms with E-state index in [-0.39, 0.29) is 6.04 Å². The molecule has 2 unspecified atom stereocenters. The number of nitrogens with two attached hydrogens (primary N) is 1. The Hall–Kier alpha value is -1.07. The van der Waals surface area contributed by atoms with Crippen molar-refractivity contribution in [3.8, 4) is 0 Å². The molecule has 1 rings (SSSR count). The fourth-order valence-corrected chi connectivity index (χ4v) is 3.99. The minimum absolute atomic E-state index is 0.0913. The van der Waals surface area contributed by atoms with E-state index in [9.17, 15) is 8.42 Å². The van der Waals surface area contributed by atoms with Gasteiger partial charge in [-0.25, -0.2) is 13.1 Å². The summed E-state index contributed by atoms with van der Waals surface area (Å²) in [6, 6.07) is 3.29. The SMILES string of the molecule is CCC(C)C(C)NS(=O)(=O)c1c(C)cc(N)cc1C. The third kappa shape index (κ3) is 3.70. The number of aryl methyl sites for hydroxylation is 2. The van der Waals surface area contributed by atoms with E-state index in [1.54, 1.807) is 26.0 Å². The van der Waals surface area contributed by atoms with Crippen LogP contribution in [0.3, 0.4) is 0 Å². The first-order chi connectivity index (χ1) is 8.69. The molecule has 1 aromatic rings. The van der Waals surface area contributed by atoms with Crippen LogP contribution in [-0.2, 0) is 10.0 Å². The molecule has 3 N–H and O–H groups in total. The lowest BCUT2D eigenvalue weighted by Crippen LogP contribution is -2.37. The highest BCUT2D eigenvalue weighted by atomic mass is 32.2. The number of nitrogens with one attached hydrogen (secondary N) is 1. The molecule has 5 heteroatoms. The van der Waals surface area contributed by atoms with Crippen molar-refractivity contribution in [3.05, 3.63) is 23.3 Å². The summed E-state index contributed by atoms with van der Waals surface area (Å²) in [5.74, 6) is 0.296. The van der Waals surface area contributed by atoms with E-state index in [2.05, 4.69) is 11.6 Å². The topological polar surface area (TPSA) is 72.2 Å². The van der Waals surface area contributed by atoms with Crippen molar-refractivity contribution in [1.29, 1.82) is 0 Å². The van der Waals surface area contributed by atoms with Crippen molar-refractivity contribution in [2.45, 2.75) is 52.0 Å². The summed E-state index contributed by atoms with van der Waals surface area (Å²) in [7, 11) is -3.50. The van der Waals surface area contributed by atoms with Crippen molar-refractivity contribution in [2.75, 3.05) is 5.73 Å². The van der Waals surface area contributed by atoms with Crippen molar-refractivity contribution in [2.24, 2.45) is 5.92 Å². The zero-order chi connectivity index (χ0) is 14.8. The van der Waals surface area contributed by atoms with E-state index in [1.807, 2.05) is 13.8 Å². The molecule has 0 bridgehead atoms. The number of hydrogen-bond donors (Lipinski definition) is 2. The average molecular weight is 284 g/mol. The van der Waals surface area contributed by atoms with Gasteiger partial charge in [-0.15, -0.1) is 0 Å². The van der Waals surface area contributed by atoms with E-state index in [0.29, 0.717) is 27.6 Å². The van der Waals surface area contributed by atoms with Gasteiger partial charge in [0.1, 0.15) is 0 Å². The molecule has 108 valence electrons. The second-order valence-corrected chi connectivity index (χ2v) is 6.93. The minimum atomic E-state index is -3.50. The van der Waals surface area contributed by atoms with Gasteiger partial charge in [0.25, 0.3) is 0 Å². The van der Waals surface area contributed by atoms with Gasteiger partial charge >= 0.3 is 0 Å². The third-order valence-corrected chi connectivity index (χ3v) is 5.45. The molecule has 0 amide bonds. The molecular formula is C14H24N2O2S. The van der Waals surface area contributed by atoms with Gasteiger partial charge < -0.3 is 5.73 Å². The molecular weight excluding hydrogens is 260 g/mol. The van der Waals surface area contributed by atoms with Gasteiger partial charge in [-0.3, -0.25) is 0 Å². The minimum Gasteiger partial charge on any atom is -0.399 e. The zero-order valence-corrected chi connectivity index (χ0v) is 13.1. The summed E-state index contributed by atoms with van der Waals surface area (Å²) in [5, 5.41) is 0. The molecule has 0 radical (unpaired) electrons. The molecule has 0 saturated carbocycles. The van der Waals surface area contributed by atoms with Crippen molar-refractivity contribution in [1.82, 2.24) is 4.72 Å². The van der Waals surface area contributed by atoms with E-state index < -0.39 is 10.0 Å². The molecule has 0 aliphatic carbocycles. The summed E-state index contributed by atoms with van der Waals surface area (Å²) in [4.78, 5) is 0.344. The molecule has 0 saturated heterocycles. The van der Waals surface area contributed by atoms with E-state index in [1.165, 1.54) is 0 Å². The quantitative estimate of drug-likeness (QED) is 0.816. The maximum atomic E-state index is 12.5. The highest BCUT2D eigenvalue weighted by molar-refractivity contribution is 7.89. The highest BCUT2D eigenvalue weighted by Gasteiger charge is 2.23. The summed E-state index contributed by atoms with van der Waals surface area (Å²) in [6.07, 6.45) is 0.934. The van der Waals surface area contributed by atoms with Crippen LogP contribution in [0.5, 0.6) is 0 Å². The second kappa shape index (κ2) is 5.92. The molecule has 1 aromatic carbocycles. The molecule has 0 spiro atoms. The Bertz CT molecular complexity index is 530. The Morgan fingerprint density at radius 1 is 1.21 bits per heavy atom. The number of anilines is 1. The van der Waals surface area contributed by atoms with Gasteiger partial charge in [-0.05, 0) is 49.9 Å². The summed E-state index contributed by atoms with van der Waals surface area (Å²) >= 11 is 0. The summed E-state index contributed by atoms with van der Waals surface area (Å²) in [6.45, 7) is 9.52. The molecule has 2 atom stereocenters. The van der Waals surface area contributed by atoms with Crippen molar-refractivity contribution < 1.29 is 8.42 Å². The third-order valence-electron chi connectivity index (χ3n) is 3.59. The van der Waals surface area contributed by atoms with Gasteiger partial charge in [0, 0.05) is 11.7 Å². The van der Waals surface area contributed by atoms with Gasteiger partial charge in [-0.1, -0.05) is 20.3 Å². The van der Waals surface area contributed by atoms with E-state index in [4.69, 9.17) is 5.73 Å². The van der Waals surface area contributed by atoms with Gasteiger partial charge in [0.05, 0.1) is 4.90 Å². The first kappa shape index (κ1) is 16.0. The number of sulfonamides is 1. The smallest absolute Gasteiger partial charge is 0.241 e. The molecule has 0 heterocycles. The molecule has 0 aliphatic heterocycles. The predicted octanol–water partition coefficient (Wildman–Crippen LogP) is 2.60. The van der Waals surface area contributed by atoms with Crippen LogP contribution in [0, 0.1) is 19.8 Å². The Balaban J connectivity index is 3.15. The molecule has 0 aliphatic rings. The average Bonchev–Trinajstić information content (AvgIpc) is 2.24. The Labute approximate surface area is 116 Å². The highest BCUT2D eigenvalue weighted by Crippen LogP contribution is 2.23. The standard InChI is InChI=1S/C14H24N2O2S/c1-6-9(2)12(5)16-19(17,18)14-10(3)7-13(15)8-11(14)4/h7-9,12,16H,6,15H2,1-5H3. The van der Waals surface area contributed by atoms with Crippen LogP contribution in [0.25, 0.3) is 0 Å². The lowest BCUT2D eigenvalue weighted by Gasteiger charge is -2.21. The molecule has 19 heavy (non-hydrogen) atoms. The maximum Gasteiger partial charge on any atom is 0.241 e. The first-order valence-corrected chi connectivity index (χ1v) is 8.06. The second-order valence-electron chi connectivity index (χ2n) is 5.28. The van der Waals surface area contributed by atoms with Crippen LogP contribution in [-0.4, -0.2) is 14.5 Å². The first-order valence-electron chi connectivity index (χ1n) is 6.58. The fraction of sp³-hybridized carbons (Fsp3) is 0.571. The number of hydrogen-bond acceptors (Lipinski definition) is 3. The number of nitrogen functional groups attached to an aromatic ring is 1. The van der Waals surface area contributed by atoms with Gasteiger partial charge in [0.2, 0.25) is 10.0 Å². The van der Waals surface area contributed by atoms with Crippen LogP contribution in [0.4, 0.5) is 5.69 Å². The Morgan fingerprint density at radius 2 is 1.68 bits per heavy atom. The summed E-state index contributed by atoms with van der Waals surface area (Å²) < 4.78 is 27.7. The zero-order valence-electron chi connectivity index (χ0n) is 12.3. The lowest BCUT2D eigenvalue weighted by atomic mass is 10.0. The van der Waals surface area contributed by atoms with Crippen molar-refractivity contribution in [3.63, 3.8) is 0 Å². The molecule has 0 fully saturated rings. The van der Waals surface area contributed by atoms with Crippen LogP contribution in [0.1, 0.15) is 38.3 Å². The largest absolute Gasteiger partial charge is 0.399 e. The van der Waals surface area contributed by atoms with E-state index >= 15 is 0 Å². The van der Waals surface area contributed by atoms with Crippen molar-refractivity contribution >= 4 is 15.7 Å². The fourth-order valence-electron chi connectivity index (χ4n) is 2.18. The van der Waals surface area contributed by atoms with E-state index in [0.717, 1.165) is 6.42 Å². The Morgan fingerprint density at radius 3 is 2.11 bits per heavy atom. The lowest BCUT2D eigenvalue weighted by molar-refractivity contribution is 0.434. The monoisotopic (exact) mass is 284 g/mol. The number of rotatable bonds is 5.